The summed E-state index contributed by atoms with van der Waals surface area (Å²) in [6.07, 6.45) is 2.01. The van der Waals surface area contributed by atoms with E-state index in [2.05, 4.69) is 37.9 Å². The van der Waals surface area contributed by atoms with Crippen LogP contribution in [-0.4, -0.2) is 59.1 Å². The van der Waals surface area contributed by atoms with E-state index in [0.717, 1.165) is 30.9 Å². The number of hydrogen-bond acceptors (Lipinski definition) is 5. The second kappa shape index (κ2) is 10.1. The molecule has 0 bridgehead atoms. The van der Waals surface area contributed by atoms with E-state index < -0.39 is 0 Å². The summed E-state index contributed by atoms with van der Waals surface area (Å²) < 4.78 is 22.0. The molecule has 0 saturated carbocycles. The van der Waals surface area contributed by atoms with E-state index in [9.17, 15) is 0 Å². The van der Waals surface area contributed by atoms with Gasteiger partial charge in [-0.05, 0) is 43.0 Å². The number of likely N-dealkylation sites (tertiary alicyclic amines) is 1. The summed E-state index contributed by atoms with van der Waals surface area (Å²) >= 11 is 0. The Morgan fingerprint density at radius 3 is 2.46 bits per heavy atom. The molecule has 1 fully saturated rings. The number of nitrogens with zero attached hydrogens (tertiary/aromatic N) is 1. The molecule has 148 valence electrons. The van der Waals surface area contributed by atoms with Crippen molar-refractivity contribution in [2.24, 2.45) is 11.8 Å². The Bertz CT molecular complexity index is 549. The number of ether oxygens (including phenoxy) is 4. The fourth-order valence-corrected chi connectivity index (χ4v) is 4.01. The molecule has 0 amide bonds. The Labute approximate surface area is 158 Å². The number of benzene rings is 1. The molecule has 5 heteroatoms. The molecule has 0 unspecified atom stereocenters. The Morgan fingerprint density at radius 2 is 1.85 bits per heavy atom. The first-order chi connectivity index (χ1) is 12.5. The molecule has 0 aliphatic carbocycles. The summed E-state index contributed by atoms with van der Waals surface area (Å²) in [5.41, 5.74) is 1.28. The molecule has 0 aromatic heterocycles. The molecule has 0 N–H and O–H groups in total. The third-order valence-electron chi connectivity index (χ3n) is 5.46. The lowest BCUT2D eigenvalue weighted by Gasteiger charge is -2.30. The maximum atomic E-state index is 5.99. The van der Waals surface area contributed by atoms with Gasteiger partial charge in [-0.2, -0.15) is 0 Å². The van der Waals surface area contributed by atoms with Crippen molar-refractivity contribution in [1.82, 2.24) is 4.90 Å². The average molecular weight is 366 g/mol. The monoisotopic (exact) mass is 365 g/mol. The van der Waals surface area contributed by atoms with Crippen molar-refractivity contribution in [2.45, 2.75) is 38.8 Å². The molecule has 1 heterocycles. The standard InChI is InChI=1S/C21H35NO4/c1-15(2)18-13-17(14-24-5)22(3)21(18)16-8-9-19(25-6)20(12-16)26-11-7-10-23-4/h8-9,12,15,17-18,21H,7,10-11,13-14H2,1-6H3/t17-,18-,21-/m0/s1. The highest BCUT2D eigenvalue weighted by Crippen LogP contribution is 2.45. The van der Waals surface area contributed by atoms with Crippen LogP contribution in [0.25, 0.3) is 0 Å². The van der Waals surface area contributed by atoms with Gasteiger partial charge in [0.05, 0.1) is 20.3 Å². The fraction of sp³-hybridized carbons (Fsp3) is 0.714. The Hall–Kier alpha value is -1.30. The second-order valence-corrected chi connectivity index (χ2v) is 7.47. The van der Waals surface area contributed by atoms with Crippen LogP contribution < -0.4 is 9.47 Å². The van der Waals surface area contributed by atoms with Crippen LogP contribution in [0.3, 0.4) is 0 Å². The van der Waals surface area contributed by atoms with E-state index in [1.54, 1.807) is 21.3 Å². The number of likely N-dealkylation sites (N-methyl/N-ethyl adjacent to an activating group) is 1. The molecular weight excluding hydrogens is 330 g/mol. The van der Waals surface area contributed by atoms with Crippen molar-refractivity contribution in [3.8, 4) is 11.5 Å². The lowest BCUT2D eigenvalue weighted by atomic mass is 9.84. The first kappa shape index (κ1) is 21.0. The molecule has 3 atom stereocenters. The van der Waals surface area contributed by atoms with E-state index >= 15 is 0 Å². The minimum Gasteiger partial charge on any atom is -0.493 e. The lowest BCUT2D eigenvalue weighted by molar-refractivity contribution is 0.112. The molecular formula is C21H35NO4. The number of hydrogen-bond donors (Lipinski definition) is 0. The van der Waals surface area contributed by atoms with E-state index in [4.69, 9.17) is 18.9 Å². The Balaban J connectivity index is 2.24. The van der Waals surface area contributed by atoms with Gasteiger partial charge in [0.25, 0.3) is 0 Å². The van der Waals surface area contributed by atoms with E-state index in [0.29, 0.717) is 37.1 Å². The first-order valence-electron chi connectivity index (χ1n) is 9.54. The third-order valence-corrected chi connectivity index (χ3v) is 5.46. The molecule has 1 aliphatic rings. The Morgan fingerprint density at radius 1 is 1.08 bits per heavy atom. The molecule has 1 saturated heterocycles. The smallest absolute Gasteiger partial charge is 0.161 e. The second-order valence-electron chi connectivity index (χ2n) is 7.47. The van der Waals surface area contributed by atoms with Gasteiger partial charge >= 0.3 is 0 Å². The minimum atomic E-state index is 0.363. The minimum absolute atomic E-state index is 0.363. The summed E-state index contributed by atoms with van der Waals surface area (Å²) in [6.45, 7) is 6.71. The van der Waals surface area contributed by atoms with Crippen LogP contribution in [-0.2, 0) is 9.47 Å². The van der Waals surface area contributed by atoms with Gasteiger partial charge in [0, 0.05) is 39.3 Å². The van der Waals surface area contributed by atoms with Crippen LogP contribution >= 0.6 is 0 Å². The van der Waals surface area contributed by atoms with Gasteiger partial charge in [0.15, 0.2) is 11.5 Å². The first-order valence-corrected chi connectivity index (χ1v) is 9.54. The highest BCUT2D eigenvalue weighted by atomic mass is 16.5. The predicted octanol–water partition coefficient (Wildman–Crippen LogP) is 3.77. The molecule has 1 aromatic rings. The van der Waals surface area contributed by atoms with Gasteiger partial charge in [-0.1, -0.05) is 19.9 Å². The van der Waals surface area contributed by atoms with Gasteiger partial charge in [-0.3, -0.25) is 4.90 Å². The molecule has 0 radical (unpaired) electrons. The van der Waals surface area contributed by atoms with Crippen LogP contribution in [0.2, 0.25) is 0 Å². The maximum Gasteiger partial charge on any atom is 0.161 e. The van der Waals surface area contributed by atoms with Gasteiger partial charge < -0.3 is 18.9 Å². The third kappa shape index (κ3) is 4.90. The number of rotatable bonds is 10. The zero-order chi connectivity index (χ0) is 19.1. The SMILES string of the molecule is COCCCOc1cc([C@H]2[C@H](C(C)C)C[C@@H](COC)N2C)ccc1OC. The molecule has 0 spiro atoms. The van der Waals surface area contributed by atoms with Gasteiger partial charge in [-0.25, -0.2) is 0 Å². The highest BCUT2D eigenvalue weighted by Gasteiger charge is 2.41. The van der Waals surface area contributed by atoms with Gasteiger partial charge in [0.1, 0.15) is 0 Å². The van der Waals surface area contributed by atoms with Crippen LogP contribution in [0.15, 0.2) is 18.2 Å². The van der Waals surface area contributed by atoms with Gasteiger partial charge in [0.2, 0.25) is 0 Å². The topological polar surface area (TPSA) is 40.2 Å². The highest BCUT2D eigenvalue weighted by molar-refractivity contribution is 5.44. The zero-order valence-corrected chi connectivity index (χ0v) is 17.2. The molecule has 26 heavy (non-hydrogen) atoms. The fourth-order valence-electron chi connectivity index (χ4n) is 4.01. The molecule has 1 aliphatic heterocycles. The summed E-state index contributed by atoms with van der Waals surface area (Å²) in [4.78, 5) is 2.46. The van der Waals surface area contributed by atoms with Crippen molar-refractivity contribution in [1.29, 1.82) is 0 Å². The van der Waals surface area contributed by atoms with Crippen molar-refractivity contribution >= 4 is 0 Å². The molecule has 1 aromatic carbocycles. The largest absolute Gasteiger partial charge is 0.493 e. The maximum absolute atomic E-state index is 5.99. The van der Waals surface area contributed by atoms with Crippen LogP contribution in [0.5, 0.6) is 11.5 Å². The normalized spacial score (nSPS) is 23.6. The van der Waals surface area contributed by atoms with Crippen molar-refractivity contribution in [3.63, 3.8) is 0 Å². The molecule has 2 rings (SSSR count). The zero-order valence-electron chi connectivity index (χ0n) is 17.2. The summed E-state index contributed by atoms with van der Waals surface area (Å²) in [6, 6.07) is 7.16. The summed E-state index contributed by atoms with van der Waals surface area (Å²) in [5, 5.41) is 0. The van der Waals surface area contributed by atoms with E-state index in [1.165, 1.54) is 5.56 Å². The van der Waals surface area contributed by atoms with Gasteiger partial charge in [-0.15, -0.1) is 0 Å². The number of methoxy groups -OCH3 is 3. The van der Waals surface area contributed by atoms with Crippen LogP contribution in [0.1, 0.15) is 38.3 Å². The molecule has 5 nitrogen and oxygen atoms in total. The quantitative estimate of drug-likeness (QED) is 0.590. The average Bonchev–Trinajstić information content (AvgIpc) is 2.96. The van der Waals surface area contributed by atoms with E-state index in [1.807, 2.05) is 6.07 Å². The summed E-state index contributed by atoms with van der Waals surface area (Å²) in [7, 11) is 7.38. The van der Waals surface area contributed by atoms with Crippen molar-refractivity contribution in [2.75, 3.05) is 48.2 Å². The van der Waals surface area contributed by atoms with Crippen LogP contribution in [0, 0.1) is 11.8 Å². The van der Waals surface area contributed by atoms with Crippen molar-refractivity contribution < 1.29 is 18.9 Å². The Kier molecular flexibility index (Phi) is 8.19. The predicted molar refractivity (Wildman–Crippen MR) is 104 cm³/mol. The lowest BCUT2D eigenvalue weighted by Crippen LogP contribution is -2.31. The van der Waals surface area contributed by atoms with Crippen LogP contribution in [0.4, 0.5) is 0 Å². The van der Waals surface area contributed by atoms with Crippen molar-refractivity contribution in [3.05, 3.63) is 23.8 Å². The van der Waals surface area contributed by atoms with E-state index in [-0.39, 0.29) is 0 Å². The summed E-state index contributed by atoms with van der Waals surface area (Å²) in [5.74, 6) is 2.79.